The third-order valence-electron chi connectivity index (χ3n) is 3.33. The lowest BCUT2D eigenvalue weighted by molar-refractivity contribution is -0.142. The van der Waals surface area contributed by atoms with Gasteiger partial charge in [0, 0.05) is 17.7 Å². The predicted molar refractivity (Wildman–Crippen MR) is 91.6 cm³/mol. The van der Waals surface area contributed by atoms with Crippen molar-refractivity contribution in [3.8, 4) is 0 Å². The molecule has 0 heterocycles. The second-order valence-electron chi connectivity index (χ2n) is 4.97. The zero-order valence-electron chi connectivity index (χ0n) is 12.6. The van der Waals surface area contributed by atoms with Crippen molar-refractivity contribution < 1.29 is 13.9 Å². The molecule has 0 saturated carbocycles. The molecular formula is C17H17FN2O2S. The molecule has 2 aromatic carbocycles. The zero-order chi connectivity index (χ0) is 16.8. The van der Waals surface area contributed by atoms with E-state index in [1.54, 1.807) is 30.3 Å². The van der Waals surface area contributed by atoms with Crippen LogP contribution in [0.15, 0.2) is 48.5 Å². The predicted octanol–water partition coefficient (Wildman–Crippen LogP) is 2.46. The van der Waals surface area contributed by atoms with Crippen molar-refractivity contribution in [2.45, 2.75) is 12.5 Å². The highest BCUT2D eigenvalue weighted by molar-refractivity contribution is 7.80. The molecule has 23 heavy (non-hydrogen) atoms. The Kier molecular flexibility index (Phi) is 5.65. The van der Waals surface area contributed by atoms with Crippen LogP contribution in [0.3, 0.4) is 0 Å². The van der Waals surface area contributed by atoms with E-state index in [0.29, 0.717) is 12.1 Å². The summed E-state index contributed by atoms with van der Waals surface area (Å²) in [7, 11) is 1.30. The Morgan fingerprint density at radius 1 is 1.26 bits per heavy atom. The lowest BCUT2D eigenvalue weighted by Crippen LogP contribution is -2.42. The molecule has 0 amide bonds. The fraction of sp³-hybridized carbons (Fsp3) is 0.176. The summed E-state index contributed by atoms with van der Waals surface area (Å²) in [5.74, 6) is -0.915. The minimum atomic E-state index is -0.712. The Balaban J connectivity index is 2.15. The molecule has 0 aliphatic rings. The molecule has 0 aromatic heterocycles. The molecule has 0 bridgehead atoms. The van der Waals surface area contributed by atoms with Gasteiger partial charge in [-0.3, -0.25) is 0 Å². The third kappa shape index (κ3) is 4.50. The second-order valence-corrected chi connectivity index (χ2v) is 5.38. The summed E-state index contributed by atoms with van der Waals surface area (Å²) in [4.78, 5) is 12.1. The number of anilines is 1. The van der Waals surface area contributed by atoms with Crippen molar-refractivity contribution in [2.75, 3.05) is 12.8 Å². The number of esters is 1. The van der Waals surface area contributed by atoms with Gasteiger partial charge in [-0.25, -0.2) is 9.18 Å². The van der Waals surface area contributed by atoms with Crippen LogP contribution in [0.2, 0.25) is 0 Å². The molecule has 3 N–H and O–H groups in total. The average molecular weight is 332 g/mol. The number of hydrogen-bond acceptors (Lipinski definition) is 4. The molecule has 1 atom stereocenters. The van der Waals surface area contributed by atoms with Crippen LogP contribution < -0.4 is 11.1 Å². The first kappa shape index (κ1) is 16.9. The van der Waals surface area contributed by atoms with E-state index in [0.717, 1.165) is 5.56 Å². The molecule has 2 aromatic rings. The van der Waals surface area contributed by atoms with Crippen LogP contribution in [0, 0.1) is 5.82 Å². The first-order valence-corrected chi connectivity index (χ1v) is 7.39. The van der Waals surface area contributed by atoms with E-state index in [1.807, 2.05) is 12.1 Å². The van der Waals surface area contributed by atoms with Crippen molar-refractivity contribution >= 4 is 28.9 Å². The molecule has 0 radical (unpaired) electrons. The van der Waals surface area contributed by atoms with Crippen molar-refractivity contribution in [1.29, 1.82) is 0 Å². The van der Waals surface area contributed by atoms with Crippen LogP contribution in [0.5, 0.6) is 0 Å². The van der Waals surface area contributed by atoms with Crippen LogP contribution in [-0.4, -0.2) is 24.1 Å². The van der Waals surface area contributed by atoms with Crippen molar-refractivity contribution in [3.05, 3.63) is 65.5 Å². The minimum Gasteiger partial charge on any atom is -0.467 e. The number of nitrogens with one attached hydrogen (secondary N) is 1. The van der Waals surface area contributed by atoms with E-state index in [4.69, 9.17) is 22.7 Å². The highest BCUT2D eigenvalue weighted by atomic mass is 32.1. The monoisotopic (exact) mass is 332 g/mol. The number of nitrogen functional groups attached to an aromatic ring is 1. The molecule has 0 aliphatic heterocycles. The molecule has 0 spiro atoms. The maximum Gasteiger partial charge on any atom is 0.328 e. The number of carbonyl (C=O) groups excluding carboxylic acids is 1. The normalized spacial score (nSPS) is 11.6. The van der Waals surface area contributed by atoms with Crippen LogP contribution in [0.25, 0.3) is 0 Å². The van der Waals surface area contributed by atoms with Crippen LogP contribution >= 0.6 is 12.2 Å². The summed E-state index contributed by atoms with van der Waals surface area (Å²) >= 11 is 5.21. The smallest absolute Gasteiger partial charge is 0.328 e. The first-order valence-electron chi connectivity index (χ1n) is 6.99. The largest absolute Gasteiger partial charge is 0.467 e. The average Bonchev–Trinajstić information content (AvgIpc) is 2.55. The lowest BCUT2D eigenvalue weighted by atomic mass is 10.0. The Hall–Kier alpha value is -2.47. The molecule has 0 fully saturated rings. The number of nitrogens with two attached hydrogens (primary N) is 1. The zero-order valence-corrected chi connectivity index (χ0v) is 13.4. The molecule has 6 heteroatoms. The van der Waals surface area contributed by atoms with E-state index in [2.05, 4.69) is 5.32 Å². The molecule has 0 aliphatic carbocycles. The van der Waals surface area contributed by atoms with Gasteiger partial charge in [-0.1, -0.05) is 36.5 Å². The summed E-state index contributed by atoms with van der Waals surface area (Å²) in [6, 6.07) is 12.6. The first-order chi connectivity index (χ1) is 11.0. The Labute approximate surface area is 139 Å². The van der Waals surface area contributed by atoms with E-state index >= 15 is 0 Å². The third-order valence-corrected chi connectivity index (χ3v) is 3.67. The Morgan fingerprint density at radius 3 is 2.52 bits per heavy atom. The lowest BCUT2D eigenvalue weighted by Gasteiger charge is -2.18. The molecule has 0 saturated heterocycles. The van der Waals surface area contributed by atoms with Gasteiger partial charge in [0.05, 0.1) is 7.11 Å². The Bertz CT molecular complexity index is 704. The number of thiocarbonyl (C=S) groups is 1. The Morgan fingerprint density at radius 2 is 1.91 bits per heavy atom. The number of benzene rings is 2. The maximum absolute atomic E-state index is 13.8. The van der Waals surface area contributed by atoms with Gasteiger partial charge in [0.1, 0.15) is 16.8 Å². The number of halogens is 1. The van der Waals surface area contributed by atoms with Crippen LogP contribution in [-0.2, 0) is 16.0 Å². The molecule has 4 nitrogen and oxygen atoms in total. The van der Waals surface area contributed by atoms with Crippen LogP contribution in [0.4, 0.5) is 10.1 Å². The number of rotatable bonds is 5. The van der Waals surface area contributed by atoms with Crippen molar-refractivity contribution in [2.24, 2.45) is 0 Å². The highest BCUT2D eigenvalue weighted by Crippen LogP contribution is 2.11. The summed E-state index contributed by atoms with van der Waals surface area (Å²) in [5.41, 5.74) is 7.42. The summed E-state index contributed by atoms with van der Waals surface area (Å²) in [6.45, 7) is 0. The standard InChI is InChI=1S/C17H17FN2O2S/c1-22-17(21)15(10-11-6-8-12(19)9-7-11)20-16(23)13-4-2-3-5-14(13)18/h2-9,15H,10,19H2,1H3,(H,20,23)/t15-/m0/s1. The van der Waals surface area contributed by atoms with Gasteiger partial charge in [-0.2, -0.15) is 0 Å². The number of carbonyl (C=O) groups is 1. The van der Waals surface area contributed by atoms with E-state index in [1.165, 1.54) is 13.2 Å². The topological polar surface area (TPSA) is 64.3 Å². The second kappa shape index (κ2) is 7.69. The fourth-order valence-electron chi connectivity index (χ4n) is 2.11. The number of hydrogen-bond donors (Lipinski definition) is 2. The SMILES string of the molecule is COC(=O)[C@H](Cc1ccc(N)cc1)NC(=S)c1ccccc1F. The van der Waals surface area contributed by atoms with Gasteiger partial charge >= 0.3 is 5.97 Å². The summed E-state index contributed by atoms with van der Waals surface area (Å²) in [5, 5.41) is 2.87. The van der Waals surface area contributed by atoms with E-state index < -0.39 is 17.8 Å². The van der Waals surface area contributed by atoms with Gasteiger partial charge in [-0.15, -0.1) is 0 Å². The molecule has 120 valence electrons. The highest BCUT2D eigenvalue weighted by Gasteiger charge is 2.22. The van der Waals surface area contributed by atoms with Crippen LogP contribution in [0.1, 0.15) is 11.1 Å². The molecule has 0 unspecified atom stereocenters. The van der Waals surface area contributed by atoms with Gasteiger partial charge < -0.3 is 15.8 Å². The summed E-state index contributed by atoms with van der Waals surface area (Å²) in [6.07, 6.45) is 0.349. The molecule has 2 rings (SSSR count). The number of ether oxygens (including phenoxy) is 1. The summed E-state index contributed by atoms with van der Waals surface area (Å²) < 4.78 is 18.6. The fourth-order valence-corrected chi connectivity index (χ4v) is 2.41. The quantitative estimate of drug-likeness (QED) is 0.500. The minimum absolute atomic E-state index is 0.161. The van der Waals surface area contributed by atoms with Gasteiger partial charge in [0.15, 0.2) is 0 Å². The van der Waals surface area contributed by atoms with Crippen molar-refractivity contribution in [3.63, 3.8) is 0 Å². The molecular weight excluding hydrogens is 315 g/mol. The van der Waals surface area contributed by atoms with Gasteiger partial charge in [-0.05, 0) is 29.8 Å². The maximum atomic E-state index is 13.8. The van der Waals surface area contributed by atoms with E-state index in [-0.39, 0.29) is 10.6 Å². The van der Waals surface area contributed by atoms with Gasteiger partial charge in [0.25, 0.3) is 0 Å². The number of methoxy groups -OCH3 is 1. The van der Waals surface area contributed by atoms with Gasteiger partial charge in [0.2, 0.25) is 0 Å². The van der Waals surface area contributed by atoms with Crippen molar-refractivity contribution in [1.82, 2.24) is 5.32 Å². The van der Waals surface area contributed by atoms with E-state index in [9.17, 15) is 9.18 Å².